The molecule has 0 aliphatic carbocycles. The van der Waals surface area contributed by atoms with Gasteiger partial charge in [0.2, 0.25) is 11.8 Å². The minimum Gasteiger partial charge on any atom is -0.388 e. The van der Waals surface area contributed by atoms with E-state index in [0.717, 1.165) is 21.6 Å². The van der Waals surface area contributed by atoms with Crippen molar-refractivity contribution in [3.63, 3.8) is 0 Å². The molecule has 0 aliphatic rings. The van der Waals surface area contributed by atoms with Gasteiger partial charge in [-0.3, -0.25) is 19.2 Å². The number of benzene rings is 2. The van der Waals surface area contributed by atoms with E-state index >= 15 is 0 Å². The maximum atomic E-state index is 12.8. The zero-order chi connectivity index (χ0) is 23.8. The molecule has 0 heterocycles. The van der Waals surface area contributed by atoms with E-state index in [9.17, 15) is 19.2 Å². The van der Waals surface area contributed by atoms with E-state index in [1.807, 2.05) is 24.3 Å². The number of rotatable bonds is 9. The minimum absolute atomic E-state index is 0.0821. The van der Waals surface area contributed by atoms with E-state index in [4.69, 9.17) is 5.11 Å². The van der Waals surface area contributed by atoms with Crippen LogP contribution in [0.15, 0.2) is 48.5 Å². The Balaban J connectivity index is 2.12. The summed E-state index contributed by atoms with van der Waals surface area (Å²) < 4.78 is 0. The van der Waals surface area contributed by atoms with Crippen LogP contribution in [0.25, 0.3) is 11.1 Å². The monoisotopic (exact) mass is 439 g/mol. The van der Waals surface area contributed by atoms with Gasteiger partial charge in [0.15, 0.2) is 11.8 Å². The third-order valence-corrected chi connectivity index (χ3v) is 5.21. The number of Topliss-reactive ketones (excluding diaryl/α,β-unsaturated/α-hetero) is 1. The normalized spacial score (nSPS) is 11.4. The second-order valence-electron chi connectivity index (χ2n) is 7.62. The topological polar surface area (TPSA) is 107 Å². The van der Waals surface area contributed by atoms with Crippen LogP contribution in [-0.2, 0) is 20.8 Å². The molecular formula is C24H29N3O5. The van der Waals surface area contributed by atoms with Crippen molar-refractivity contribution in [2.45, 2.75) is 18.9 Å². The summed E-state index contributed by atoms with van der Waals surface area (Å²) in [5.41, 5.74) is 3.23. The fourth-order valence-corrected chi connectivity index (χ4v) is 3.23. The Hall–Kier alpha value is -3.52. The van der Waals surface area contributed by atoms with Gasteiger partial charge in [-0.15, -0.1) is 0 Å². The highest BCUT2D eigenvalue weighted by Crippen LogP contribution is 2.22. The molecule has 2 aromatic carbocycles. The summed E-state index contributed by atoms with van der Waals surface area (Å²) in [7, 11) is 6.18. The maximum Gasteiger partial charge on any atom is 0.254 e. The van der Waals surface area contributed by atoms with Gasteiger partial charge >= 0.3 is 0 Å². The number of aliphatic hydroxyl groups excluding tert-OH is 1. The van der Waals surface area contributed by atoms with Crippen molar-refractivity contribution in [1.82, 2.24) is 15.1 Å². The summed E-state index contributed by atoms with van der Waals surface area (Å²) >= 11 is 0. The lowest BCUT2D eigenvalue weighted by atomic mass is 10.0. The van der Waals surface area contributed by atoms with Crippen molar-refractivity contribution in [1.29, 1.82) is 0 Å². The van der Waals surface area contributed by atoms with E-state index in [2.05, 4.69) is 5.32 Å². The number of nitrogens with one attached hydrogen (secondary N) is 1. The Labute approximate surface area is 187 Å². The van der Waals surface area contributed by atoms with Crippen molar-refractivity contribution in [3.05, 3.63) is 59.7 Å². The van der Waals surface area contributed by atoms with Gasteiger partial charge in [0.1, 0.15) is 6.61 Å². The molecule has 0 aliphatic heterocycles. The summed E-state index contributed by atoms with van der Waals surface area (Å²) in [6.45, 7) is -0.839. The number of aryl methyl sites for hydroxylation is 1. The quantitative estimate of drug-likeness (QED) is 0.570. The molecule has 0 saturated carbocycles. The minimum atomic E-state index is -1.40. The third kappa shape index (κ3) is 6.01. The van der Waals surface area contributed by atoms with Gasteiger partial charge in [-0.1, -0.05) is 36.4 Å². The number of ketones is 1. The zero-order valence-corrected chi connectivity index (χ0v) is 18.8. The zero-order valence-electron chi connectivity index (χ0n) is 18.8. The van der Waals surface area contributed by atoms with Gasteiger partial charge in [-0.25, -0.2) is 0 Å². The van der Waals surface area contributed by atoms with Gasteiger partial charge in [0.25, 0.3) is 5.91 Å². The molecule has 3 amide bonds. The standard InChI is InChI=1S/C24H29N3O5/c1-25-23(31)22(20(29)15-28)27(4)24(32)19-12-10-18(11-13-19)17-8-5-16(6-9-17)7-14-21(30)26(2)3/h5-6,8-13,22,28H,7,14-15H2,1-4H3,(H,25,31). The predicted molar refractivity (Wildman–Crippen MR) is 121 cm³/mol. The fraction of sp³-hybridized carbons (Fsp3) is 0.333. The van der Waals surface area contributed by atoms with Crippen LogP contribution in [0.1, 0.15) is 22.3 Å². The van der Waals surface area contributed by atoms with E-state index in [1.165, 1.54) is 14.1 Å². The number of hydrogen-bond acceptors (Lipinski definition) is 5. The maximum absolute atomic E-state index is 12.8. The van der Waals surface area contributed by atoms with Crippen LogP contribution in [0.3, 0.4) is 0 Å². The van der Waals surface area contributed by atoms with Crippen LogP contribution in [0.2, 0.25) is 0 Å². The third-order valence-electron chi connectivity index (χ3n) is 5.21. The Morgan fingerprint density at radius 1 is 0.906 bits per heavy atom. The van der Waals surface area contributed by atoms with Crippen LogP contribution in [0.5, 0.6) is 0 Å². The van der Waals surface area contributed by atoms with Gasteiger partial charge < -0.3 is 20.2 Å². The molecule has 0 spiro atoms. The first-order valence-corrected chi connectivity index (χ1v) is 10.2. The highest BCUT2D eigenvalue weighted by Gasteiger charge is 2.32. The number of nitrogens with zero attached hydrogens (tertiary/aromatic N) is 2. The van der Waals surface area contributed by atoms with Crippen molar-refractivity contribution in [2.24, 2.45) is 0 Å². The second-order valence-corrected chi connectivity index (χ2v) is 7.62. The average molecular weight is 440 g/mol. The number of aliphatic hydroxyl groups is 1. The molecule has 0 fully saturated rings. The lowest BCUT2D eigenvalue weighted by molar-refractivity contribution is -0.135. The molecule has 2 aromatic rings. The first kappa shape index (κ1) is 24.7. The van der Waals surface area contributed by atoms with Crippen LogP contribution in [-0.4, -0.2) is 79.3 Å². The number of carbonyl (C=O) groups is 4. The van der Waals surface area contributed by atoms with Crippen molar-refractivity contribution in [2.75, 3.05) is 34.8 Å². The number of hydrogen-bond donors (Lipinski definition) is 2. The van der Waals surface area contributed by atoms with Gasteiger partial charge in [-0.05, 0) is 35.2 Å². The smallest absolute Gasteiger partial charge is 0.254 e. The predicted octanol–water partition coefficient (Wildman–Crippen LogP) is 1.12. The molecule has 1 atom stereocenters. The largest absolute Gasteiger partial charge is 0.388 e. The number of amides is 3. The molecule has 170 valence electrons. The van der Waals surface area contributed by atoms with Crippen molar-refractivity contribution in [3.8, 4) is 11.1 Å². The van der Waals surface area contributed by atoms with E-state index in [0.29, 0.717) is 18.4 Å². The van der Waals surface area contributed by atoms with Crippen LogP contribution < -0.4 is 5.32 Å². The summed E-state index contributed by atoms with van der Waals surface area (Å²) in [6, 6.07) is 13.3. The second kappa shape index (κ2) is 11.2. The molecule has 8 nitrogen and oxygen atoms in total. The Morgan fingerprint density at radius 3 is 1.91 bits per heavy atom. The molecule has 2 N–H and O–H groups in total. The van der Waals surface area contributed by atoms with Gasteiger partial charge in [0, 0.05) is 40.2 Å². The summed E-state index contributed by atoms with van der Waals surface area (Å²) in [5, 5.41) is 11.5. The summed E-state index contributed by atoms with van der Waals surface area (Å²) in [4.78, 5) is 51.1. The van der Waals surface area contributed by atoms with E-state index < -0.39 is 30.2 Å². The molecule has 0 aromatic heterocycles. The molecular weight excluding hydrogens is 410 g/mol. The van der Waals surface area contributed by atoms with Crippen LogP contribution >= 0.6 is 0 Å². The Morgan fingerprint density at radius 2 is 1.44 bits per heavy atom. The SMILES string of the molecule is CNC(=O)C(C(=O)CO)N(C)C(=O)c1ccc(-c2ccc(CCC(=O)N(C)C)cc2)cc1. The van der Waals surface area contributed by atoms with Gasteiger partial charge in [0.05, 0.1) is 0 Å². The van der Waals surface area contributed by atoms with Crippen LogP contribution in [0.4, 0.5) is 0 Å². The van der Waals surface area contributed by atoms with Crippen LogP contribution in [0, 0.1) is 0 Å². The first-order valence-electron chi connectivity index (χ1n) is 10.2. The lowest BCUT2D eigenvalue weighted by Crippen LogP contribution is -2.52. The molecule has 8 heteroatoms. The molecule has 0 bridgehead atoms. The number of likely N-dealkylation sites (N-methyl/N-ethyl adjacent to an activating group) is 2. The summed E-state index contributed by atoms with van der Waals surface area (Å²) in [5.74, 6) is -1.85. The highest BCUT2D eigenvalue weighted by molar-refractivity contribution is 6.10. The molecule has 32 heavy (non-hydrogen) atoms. The molecule has 2 rings (SSSR count). The Bertz CT molecular complexity index is 952. The van der Waals surface area contributed by atoms with E-state index in [-0.39, 0.29) is 5.91 Å². The lowest BCUT2D eigenvalue weighted by Gasteiger charge is -2.25. The number of carbonyl (C=O) groups excluding carboxylic acids is 4. The molecule has 0 saturated heterocycles. The van der Waals surface area contributed by atoms with Gasteiger partial charge in [-0.2, -0.15) is 0 Å². The highest BCUT2D eigenvalue weighted by atomic mass is 16.3. The fourth-order valence-electron chi connectivity index (χ4n) is 3.23. The molecule has 0 radical (unpaired) electrons. The Kier molecular flexibility index (Phi) is 8.66. The summed E-state index contributed by atoms with van der Waals surface area (Å²) in [6.07, 6.45) is 1.11. The van der Waals surface area contributed by atoms with Crippen molar-refractivity contribution < 1.29 is 24.3 Å². The molecule has 1 unspecified atom stereocenters. The van der Waals surface area contributed by atoms with E-state index in [1.54, 1.807) is 43.3 Å². The van der Waals surface area contributed by atoms with Crippen molar-refractivity contribution >= 4 is 23.5 Å². The average Bonchev–Trinajstić information content (AvgIpc) is 2.82. The first-order chi connectivity index (χ1) is 15.2.